The van der Waals surface area contributed by atoms with Crippen LogP contribution in [-0.2, 0) is 4.74 Å². The zero-order valence-electron chi connectivity index (χ0n) is 12.9. The van der Waals surface area contributed by atoms with Crippen molar-refractivity contribution in [1.82, 2.24) is 0 Å². The second-order valence-electron chi connectivity index (χ2n) is 5.90. The van der Waals surface area contributed by atoms with Crippen molar-refractivity contribution in [2.45, 2.75) is 32.5 Å². The summed E-state index contributed by atoms with van der Waals surface area (Å²) >= 11 is 0.201. The first-order valence-electron chi connectivity index (χ1n) is 7.10. The van der Waals surface area contributed by atoms with Crippen LogP contribution in [0.5, 0.6) is 0 Å². The Hall–Kier alpha value is -1.34. The van der Waals surface area contributed by atoms with E-state index in [0.717, 1.165) is 4.47 Å². The molecule has 0 aliphatic rings. The van der Waals surface area contributed by atoms with Crippen LogP contribution in [0.2, 0.25) is 0 Å². The number of ether oxygens (including phenoxy) is 1. The summed E-state index contributed by atoms with van der Waals surface area (Å²) in [7, 11) is 0. The minimum absolute atomic E-state index is 0.0496. The van der Waals surface area contributed by atoms with Crippen LogP contribution < -0.4 is 4.46 Å². The first kappa shape index (κ1) is 16.0. The zero-order chi connectivity index (χ0) is 15.3. The molecule has 1 unspecified atom stereocenters. The van der Waals surface area contributed by atoms with Crippen molar-refractivity contribution in [3.05, 3.63) is 77.3 Å². The van der Waals surface area contributed by atoms with E-state index in [-0.39, 0.29) is 26.7 Å². The van der Waals surface area contributed by atoms with E-state index in [2.05, 4.69) is 75.9 Å². The molecule has 0 aliphatic heterocycles. The fourth-order valence-corrected chi connectivity index (χ4v) is 3.86. The maximum atomic E-state index is 6.27. The van der Waals surface area contributed by atoms with Crippen LogP contribution in [0.3, 0.4) is 0 Å². The Morgan fingerprint density at radius 2 is 1.48 bits per heavy atom. The summed E-state index contributed by atoms with van der Waals surface area (Å²) in [6, 6.07) is 20.9. The normalized spacial score (nSPS) is 12.9. The van der Waals surface area contributed by atoms with Crippen molar-refractivity contribution < 1.29 is 4.74 Å². The minimum atomic E-state index is -0.198. The van der Waals surface area contributed by atoms with E-state index in [9.17, 15) is 0 Å². The molecule has 0 bridgehead atoms. The summed E-state index contributed by atoms with van der Waals surface area (Å²) in [5.74, 6) is 0. The van der Waals surface area contributed by atoms with Gasteiger partial charge in [0.1, 0.15) is 0 Å². The van der Waals surface area contributed by atoms with E-state index in [1.165, 1.54) is 10.0 Å². The Morgan fingerprint density at radius 3 is 2.00 bits per heavy atom. The van der Waals surface area contributed by atoms with Gasteiger partial charge in [0.2, 0.25) is 0 Å². The van der Waals surface area contributed by atoms with E-state index < -0.39 is 0 Å². The van der Waals surface area contributed by atoms with Gasteiger partial charge < -0.3 is 0 Å². The van der Waals surface area contributed by atoms with Crippen molar-refractivity contribution in [3.8, 4) is 0 Å². The summed E-state index contributed by atoms with van der Waals surface area (Å²) in [6.45, 7) is 10.6. The van der Waals surface area contributed by atoms with Crippen molar-refractivity contribution in [2.24, 2.45) is 0 Å². The zero-order valence-corrected chi connectivity index (χ0v) is 14.6. The predicted octanol–water partition coefficient (Wildman–Crippen LogP) is 4.09. The van der Waals surface area contributed by atoms with Crippen molar-refractivity contribution >= 4 is 19.4 Å². The molecule has 1 nitrogen and oxygen atoms in total. The fourth-order valence-electron chi connectivity index (χ4n) is 1.99. The number of hydrogen-bond acceptors (Lipinski definition) is 1. The third kappa shape index (κ3) is 5.17. The molecule has 21 heavy (non-hydrogen) atoms. The molecule has 0 radical (unpaired) electrons. The van der Waals surface area contributed by atoms with Crippen LogP contribution >= 0.6 is 0 Å². The molecule has 2 heteroatoms. The van der Waals surface area contributed by atoms with Gasteiger partial charge in [0.05, 0.1) is 0 Å². The molecule has 0 amide bonds. The van der Waals surface area contributed by atoms with Crippen molar-refractivity contribution in [2.75, 3.05) is 0 Å². The van der Waals surface area contributed by atoms with Gasteiger partial charge in [-0.05, 0) is 0 Å². The van der Waals surface area contributed by atoms with Crippen molar-refractivity contribution in [1.29, 1.82) is 0 Å². The standard InChI is InChI=1S/C19H22OSe/c1-15(21-17-13-9-6-10-14-17)18(20-19(2,3)4)16-11-7-5-8-12-16/h5-14,18H,1H2,2-4H3. The molecule has 0 spiro atoms. The quantitative estimate of drug-likeness (QED) is 0.742. The second-order valence-corrected chi connectivity index (χ2v) is 8.42. The van der Waals surface area contributed by atoms with Crippen LogP contribution in [0.15, 0.2) is 71.7 Å². The van der Waals surface area contributed by atoms with E-state index >= 15 is 0 Å². The Bertz CT molecular complexity index is 570. The molecule has 0 aromatic heterocycles. The van der Waals surface area contributed by atoms with Crippen LogP contribution in [-0.4, -0.2) is 20.6 Å². The predicted molar refractivity (Wildman–Crippen MR) is 91.0 cm³/mol. The van der Waals surface area contributed by atoms with Gasteiger partial charge in [-0.3, -0.25) is 0 Å². The average Bonchev–Trinajstić information content (AvgIpc) is 2.46. The maximum absolute atomic E-state index is 6.27. The number of rotatable bonds is 5. The van der Waals surface area contributed by atoms with Gasteiger partial charge in [-0.1, -0.05) is 0 Å². The molecule has 110 valence electrons. The molecule has 2 aromatic rings. The van der Waals surface area contributed by atoms with Gasteiger partial charge in [-0.2, -0.15) is 0 Å². The Kier molecular flexibility index (Phi) is 5.41. The van der Waals surface area contributed by atoms with Gasteiger partial charge in [0, 0.05) is 0 Å². The summed E-state index contributed by atoms with van der Waals surface area (Å²) in [4.78, 5) is 0. The second kappa shape index (κ2) is 7.08. The topological polar surface area (TPSA) is 9.23 Å². The van der Waals surface area contributed by atoms with Crippen LogP contribution in [0.4, 0.5) is 0 Å². The van der Waals surface area contributed by atoms with Gasteiger partial charge >= 0.3 is 134 Å². The summed E-state index contributed by atoms with van der Waals surface area (Å²) in [5.41, 5.74) is 0.978. The third-order valence-corrected chi connectivity index (χ3v) is 4.92. The summed E-state index contributed by atoms with van der Waals surface area (Å²) in [6.07, 6.45) is -0.0496. The molecule has 0 aliphatic carbocycles. The molecule has 0 fully saturated rings. The van der Waals surface area contributed by atoms with E-state index in [0.29, 0.717) is 0 Å². The van der Waals surface area contributed by atoms with E-state index in [4.69, 9.17) is 4.74 Å². The third-order valence-electron chi connectivity index (χ3n) is 2.86. The molecule has 0 N–H and O–H groups in total. The molecular weight excluding hydrogens is 323 g/mol. The van der Waals surface area contributed by atoms with Crippen molar-refractivity contribution in [3.63, 3.8) is 0 Å². The van der Waals surface area contributed by atoms with Gasteiger partial charge in [-0.15, -0.1) is 0 Å². The summed E-state index contributed by atoms with van der Waals surface area (Å²) < 4.78 is 8.75. The van der Waals surface area contributed by atoms with Gasteiger partial charge in [0.25, 0.3) is 0 Å². The molecule has 1 atom stereocenters. The first-order valence-corrected chi connectivity index (χ1v) is 8.81. The van der Waals surface area contributed by atoms with E-state index in [1.807, 2.05) is 12.1 Å². The van der Waals surface area contributed by atoms with E-state index in [1.54, 1.807) is 0 Å². The molecule has 2 rings (SSSR count). The van der Waals surface area contributed by atoms with Gasteiger partial charge in [-0.25, -0.2) is 0 Å². The fraction of sp³-hybridized carbons (Fsp3) is 0.263. The Morgan fingerprint density at radius 1 is 0.952 bits per heavy atom. The Labute approximate surface area is 134 Å². The molecule has 0 heterocycles. The molecule has 2 aromatic carbocycles. The van der Waals surface area contributed by atoms with Crippen LogP contribution in [0.1, 0.15) is 32.4 Å². The first-order chi connectivity index (χ1) is 9.96. The summed E-state index contributed by atoms with van der Waals surface area (Å²) in [5, 5.41) is 0. The SMILES string of the molecule is C=C([Se]c1ccccc1)C(OC(C)(C)C)c1ccccc1. The van der Waals surface area contributed by atoms with Gasteiger partial charge in [0.15, 0.2) is 0 Å². The molecular formula is C19H22OSe. The number of benzene rings is 2. The number of hydrogen-bond donors (Lipinski definition) is 0. The molecule has 0 saturated carbocycles. The Balaban J connectivity index is 2.21. The molecule has 0 saturated heterocycles. The van der Waals surface area contributed by atoms with Crippen LogP contribution in [0, 0.1) is 0 Å². The van der Waals surface area contributed by atoms with Crippen LogP contribution in [0.25, 0.3) is 0 Å². The monoisotopic (exact) mass is 346 g/mol. The average molecular weight is 345 g/mol.